The van der Waals surface area contributed by atoms with Crippen molar-refractivity contribution >= 4 is 5.78 Å². The summed E-state index contributed by atoms with van der Waals surface area (Å²) in [5.74, 6) is 0.112. The first-order chi connectivity index (χ1) is 6.11. The number of Topliss-reactive ketones (excluding diaryl/α,β-unsaturated/α-hetero) is 1. The lowest BCUT2D eigenvalue weighted by atomic mass is 10.1. The van der Waals surface area contributed by atoms with Crippen molar-refractivity contribution in [2.24, 2.45) is 0 Å². The highest BCUT2D eigenvalue weighted by atomic mass is 16.1. The van der Waals surface area contributed by atoms with Crippen LogP contribution in [0.15, 0.2) is 11.1 Å². The Morgan fingerprint density at radius 1 is 1.62 bits per heavy atom. The van der Waals surface area contributed by atoms with Crippen molar-refractivity contribution in [1.82, 2.24) is 9.97 Å². The van der Waals surface area contributed by atoms with E-state index < -0.39 is 0 Å². The fourth-order valence-corrected chi connectivity index (χ4v) is 1.05. The highest BCUT2D eigenvalue weighted by molar-refractivity contribution is 5.75. The fourth-order valence-electron chi connectivity index (χ4n) is 1.05. The summed E-state index contributed by atoms with van der Waals surface area (Å²) in [6.07, 6.45) is 2.35. The quantitative estimate of drug-likeness (QED) is 0.740. The summed E-state index contributed by atoms with van der Waals surface area (Å²) in [6.45, 7) is 3.24. The minimum Gasteiger partial charge on any atom is -0.313 e. The summed E-state index contributed by atoms with van der Waals surface area (Å²) in [6, 6.07) is 0. The van der Waals surface area contributed by atoms with E-state index in [1.165, 1.54) is 13.3 Å². The normalized spacial score (nSPS) is 10.0. The molecule has 0 saturated heterocycles. The predicted molar refractivity (Wildman–Crippen MR) is 48.6 cm³/mol. The molecule has 0 aromatic carbocycles. The van der Waals surface area contributed by atoms with Crippen LogP contribution in [0.5, 0.6) is 0 Å². The minimum absolute atomic E-state index is 0.112. The van der Waals surface area contributed by atoms with Crippen molar-refractivity contribution in [3.63, 3.8) is 0 Å². The number of H-pyrrole nitrogens is 1. The minimum atomic E-state index is -0.131. The van der Waals surface area contributed by atoms with Gasteiger partial charge in [-0.15, -0.1) is 0 Å². The van der Waals surface area contributed by atoms with Gasteiger partial charge >= 0.3 is 0 Å². The second kappa shape index (κ2) is 3.98. The number of rotatable bonds is 3. The van der Waals surface area contributed by atoms with Crippen LogP contribution >= 0.6 is 0 Å². The van der Waals surface area contributed by atoms with E-state index in [0.717, 1.165) is 0 Å². The third kappa shape index (κ3) is 2.50. The molecule has 1 heterocycles. The van der Waals surface area contributed by atoms with Crippen molar-refractivity contribution in [3.05, 3.63) is 27.9 Å². The van der Waals surface area contributed by atoms with E-state index in [2.05, 4.69) is 9.97 Å². The summed E-state index contributed by atoms with van der Waals surface area (Å²) in [5, 5.41) is 0. The van der Waals surface area contributed by atoms with E-state index in [1.807, 2.05) is 0 Å². The van der Waals surface area contributed by atoms with Gasteiger partial charge in [-0.3, -0.25) is 4.79 Å². The molecule has 0 atom stereocenters. The molecule has 0 amide bonds. The molecule has 0 aliphatic heterocycles. The predicted octanol–water partition coefficient (Wildman–Crippen LogP) is 0.600. The van der Waals surface area contributed by atoms with Crippen LogP contribution in [0.25, 0.3) is 0 Å². The van der Waals surface area contributed by atoms with Crippen LogP contribution in [-0.2, 0) is 11.2 Å². The molecule has 70 valence electrons. The lowest BCUT2D eigenvalue weighted by Crippen LogP contribution is -2.14. The molecule has 0 bridgehead atoms. The zero-order chi connectivity index (χ0) is 9.84. The zero-order valence-corrected chi connectivity index (χ0v) is 7.76. The third-order valence-electron chi connectivity index (χ3n) is 1.90. The Morgan fingerprint density at radius 3 is 2.92 bits per heavy atom. The smallest absolute Gasteiger partial charge is 0.253 e. The summed E-state index contributed by atoms with van der Waals surface area (Å²) >= 11 is 0. The van der Waals surface area contributed by atoms with Crippen LogP contribution in [0.4, 0.5) is 0 Å². The first-order valence-electron chi connectivity index (χ1n) is 4.14. The molecule has 0 spiro atoms. The summed E-state index contributed by atoms with van der Waals surface area (Å²) in [7, 11) is 0. The van der Waals surface area contributed by atoms with E-state index in [1.54, 1.807) is 6.92 Å². The molecule has 1 rings (SSSR count). The topological polar surface area (TPSA) is 62.8 Å². The molecule has 13 heavy (non-hydrogen) atoms. The first-order valence-corrected chi connectivity index (χ1v) is 4.14. The van der Waals surface area contributed by atoms with Gasteiger partial charge in [-0.05, 0) is 20.3 Å². The Kier molecular flexibility index (Phi) is 2.95. The van der Waals surface area contributed by atoms with Crippen molar-refractivity contribution < 1.29 is 4.79 Å². The fraction of sp³-hybridized carbons (Fsp3) is 0.444. The highest BCUT2D eigenvalue weighted by Gasteiger charge is 2.04. The van der Waals surface area contributed by atoms with Crippen molar-refractivity contribution in [1.29, 1.82) is 0 Å². The average molecular weight is 180 g/mol. The van der Waals surface area contributed by atoms with Gasteiger partial charge < -0.3 is 9.78 Å². The molecule has 0 fully saturated rings. The SMILES string of the molecule is CC(=O)CCc1nc[nH]c(=O)c1C. The van der Waals surface area contributed by atoms with Crippen molar-refractivity contribution in [2.45, 2.75) is 26.7 Å². The molecule has 4 heteroatoms. The van der Waals surface area contributed by atoms with Gasteiger partial charge in [0.2, 0.25) is 0 Å². The Labute approximate surface area is 76.0 Å². The van der Waals surface area contributed by atoms with Crippen molar-refractivity contribution in [3.8, 4) is 0 Å². The van der Waals surface area contributed by atoms with E-state index in [9.17, 15) is 9.59 Å². The number of nitrogens with one attached hydrogen (secondary N) is 1. The molecule has 0 saturated carbocycles. The second-order valence-electron chi connectivity index (χ2n) is 3.01. The lowest BCUT2D eigenvalue weighted by molar-refractivity contribution is -0.116. The van der Waals surface area contributed by atoms with Gasteiger partial charge in [-0.1, -0.05) is 0 Å². The van der Waals surface area contributed by atoms with E-state index in [-0.39, 0.29) is 11.3 Å². The van der Waals surface area contributed by atoms with Gasteiger partial charge in [0.15, 0.2) is 0 Å². The Morgan fingerprint density at radius 2 is 2.31 bits per heavy atom. The number of aromatic nitrogens is 2. The number of ketones is 1. The van der Waals surface area contributed by atoms with Gasteiger partial charge in [0, 0.05) is 12.0 Å². The van der Waals surface area contributed by atoms with Crippen molar-refractivity contribution in [2.75, 3.05) is 0 Å². The highest BCUT2D eigenvalue weighted by Crippen LogP contribution is 2.01. The summed E-state index contributed by atoms with van der Waals surface area (Å²) in [5.41, 5.74) is 1.18. The maximum atomic E-state index is 11.1. The van der Waals surface area contributed by atoms with Crippen LogP contribution in [0, 0.1) is 6.92 Å². The molecule has 0 aliphatic carbocycles. The third-order valence-corrected chi connectivity index (χ3v) is 1.90. The molecular weight excluding hydrogens is 168 g/mol. The van der Waals surface area contributed by atoms with Gasteiger partial charge in [-0.2, -0.15) is 0 Å². The number of aryl methyl sites for hydroxylation is 1. The number of carbonyl (C=O) groups excluding carboxylic acids is 1. The Bertz CT molecular complexity index is 368. The maximum absolute atomic E-state index is 11.1. The number of hydrogen-bond acceptors (Lipinski definition) is 3. The molecule has 1 N–H and O–H groups in total. The number of hydrogen-bond donors (Lipinski definition) is 1. The van der Waals surface area contributed by atoms with E-state index in [4.69, 9.17) is 0 Å². The monoisotopic (exact) mass is 180 g/mol. The number of nitrogens with zero attached hydrogens (tertiary/aromatic N) is 1. The molecule has 1 aromatic heterocycles. The maximum Gasteiger partial charge on any atom is 0.253 e. The second-order valence-corrected chi connectivity index (χ2v) is 3.01. The molecule has 0 unspecified atom stereocenters. The number of aromatic amines is 1. The van der Waals surface area contributed by atoms with Crippen LogP contribution in [-0.4, -0.2) is 15.8 Å². The standard InChI is InChI=1S/C9H12N2O2/c1-6(12)3-4-8-7(2)9(13)11-5-10-8/h5H,3-4H2,1-2H3,(H,10,11,13). The van der Waals surface area contributed by atoms with Gasteiger partial charge in [0.05, 0.1) is 12.0 Å². The summed E-state index contributed by atoms with van der Waals surface area (Å²) in [4.78, 5) is 28.3. The van der Waals surface area contributed by atoms with E-state index in [0.29, 0.717) is 24.1 Å². The van der Waals surface area contributed by atoms with Crippen LogP contribution < -0.4 is 5.56 Å². The average Bonchev–Trinajstić information content (AvgIpc) is 2.07. The molecule has 4 nitrogen and oxygen atoms in total. The van der Waals surface area contributed by atoms with Crippen LogP contribution in [0.3, 0.4) is 0 Å². The molecule has 1 aromatic rings. The van der Waals surface area contributed by atoms with Gasteiger partial charge in [0.25, 0.3) is 5.56 Å². The lowest BCUT2D eigenvalue weighted by Gasteiger charge is -2.00. The van der Waals surface area contributed by atoms with Gasteiger partial charge in [-0.25, -0.2) is 4.98 Å². The van der Waals surface area contributed by atoms with Crippen LogP contribution in [0.2, 0.25) is 0 Å². The first kappa shape index (κ1) is 9.64. The molecule has 0 radical (unpaired) electrons. The summed E-state index contributed by atoms with van der Waals surface area (Å²) < 4.78 is 0. The molecule has 0 aliphatic rings. The zero-order valence-electron chi connectivity index (χ0n) is 7.76. The van der Waals surface area contributed by atoms with Gasteiger partial charge in [0.1, 0.15) is 5.78 Å². The Hall–Kier alpha value is -1.45. The largest absolute Gasteiger partial charge is 0.313 e. The Balaban J connectivity index is 2.83. The van der Waals surface area contributed by atoms with Crippen LogP contribution in [0.1, 0.15) is 24.6 Å². The molecular formula is C9H12N2O2. The van der Waals surface area contributed by atoms with E-state index >= 15 is 0 Å². The number of carbonyl (C=O) groups is 1.